The molecule has 2 unspecified atom stereocenters. The lowest BCUT2D eigenvalue weighted by atomic mass is 10.1. The maximum absolute atomic E-state index is 9.18. The van der Waals surface area contributed by atoms with Crippen LogP contribution >= 0.6 is 0 Å². The molecule has 0 saturated carbocycles. The summed E-state index contributed by atoms with van der Waals surface area (Å²) in [5.74, 6) is 0. The maximum Gasteiger partial charge on any atom is 0.0601 e. The van der Waals surface area contributed by atoms with E-state index in [2.05, 4.69) is 18.7 Å². The number of aliphatic hydroxyl groups excluding tert-OH is 1. The summed E-state index contributed by atoms with van der Waals surface area (Å²) in [5, 5.41) is 9.18. The van der Waals surface area contributed by atoms with Crippen LogP contribution in [0, 0.1) is 0 Å². The Bertz CT molecular complexity index is 117. The maximum atomic E-state index is 9.18. The minimum Gasteiger partial charge on any atom is -0.395 e. The first-order chi connectivity index (χ1) is 6.17. The number of aliphatic hydroxyl groups is 1. The number of rotatable bonds is 7. The Morgan fingerprint density at radius 1 is 1.38 bits per heavy atom. The van der Waals surface area contributed by atoms with Crippen molar-refractivity contribution in [3.63, 3.8) is 0 Å². The zero-order chi connectivity index (χ0) is 10.3. The molecule has 0 aliphatic heterocycles. The lowest BCUT2D eigenvalue weighted by Crippen LogP contribution is -2.49. The minimum atomic E-state index is 0.0433. The molecule has 0 aliphatic rings. The molecule has 13 heavy (non-hydrogen) atoms. The number of nitrogens with zero attached hydrogens (tertiary/aromatic N) is 1. The molecule has 0 fully saturated rings. The zero-order valence-electron chi connectivity index (χ0n) is 9.16. The van der Waals surface area contributed by atoms with Crippen molar-refractivity contribution in [1.29, 1.82) is 0 Å². The lowest BCUT2D eigenvalue weighted by molar-refractivity contribution is 0.111. The summed E-state index contributed by atoms with van der Waals surface area (Å²) in [6, 6.07) is 0.165. The van der Waals surface area contributed by atoms with Gasteiger partial charge in [-0.1, -0.05) is 20.3 Å². The van der Waals surface area contributed by atoms with Gasteiger partial charge in [0.2, 0.25) is 0 Å². The summed E-state index contributed by atoms with van der Waals surface area (Å²) < 4.78 is 0. The summed E-state index contributed by atoms with van der Waals surface area (Å²) in [7, 11) is 0. The van der Waals surface area contributed by atoms with Gasteiger partial charge in [-0.05, 0) is 26.4 Å². The van der Waals surface area contributed by atoms with E-state index in [0.717, 1.165) is 13.1 Å². The summed E-state index contributed by atoms with van der Waals surface area (Å²) >= 11 is 0. The molecule has 0 aromatic rings. The third kappa shape index (κ3) is 4.60. The van der Waals surface area contributed by atoms with E-state index in [9.17, 15) is 5.11 Å². The highest BCUT2D eigenvalue weighted by Crippen LogP contribution is 2.04. The van der Waals surface area contributed by atoms with E-state index >= 15 is 0 Å². The van der Waals surface area contributed by atoms with Crippen LogP contribution in [0.5, 0.6) is 0 Å². The Balaban J connectivity index is 4.00. The molecule has 3 heteroatoms. The second-order valence-corrected chi connectivity index (χ2v) is 3.59. The highest BCUT2D eigenvalue weighted by atomic mass is 16.3. The molecule has 0 rings (SSSR count). The molecule has 0 bridgehead atoms. The molecule has 3 N–H and O–H groups in total. The quantitative estimate of drug-likeness (QED) is 0.622. The van der Waals surface area contributed by atoms with Gasteiger partial charge in [0.25, 0.3) is 0 Å². The van der Waals surface area contributed by atoms with Gasteiger partial charge in [0.05, 0.1) is 6.61 Å². The molecule has 2 atom stereocenters. The molecular weight excluding hydrogens is 164 g/mol. The average Bonchev–Trinajstić information content (AvgIpc) is 2.11. The van der Waals surface area contributed by atoms with E-state index in [1.807, 2.05) is 6.92 Å². The number of nitrogens with two attached hydrogens (primary N) is 1. The van der Waals surface area contributed by atoms with Gasteiger partial charge in [0.1, 0.15) is 0 Å². The van der Waals surface area contributed by atoms with Crippen LogP contribution in [0.3, 0.4) is 0 Å². The second-order valence-electron chi connectivity index (χ2n) is 3.59. The Morgan fingerprint density at radius 2 is 2.00 bits per heavy atom. The van der Waals surface area contributed by atoms with Crippen LogP contribution in [0.15, 0.2) is 0 Å². The fourth-order valence-electron chi connectivity index (χ4n) is 1.53. The van der Waals surface area contributed by atoms with Crippen LogP contribution < -0.4 is 5.73 Å². The van der Waals surface area contributed by atoms with E-state index in [4.69, 9.17) is 5.73 Å². The van der Waals surface area contributed by atoms with Crippen LogP contribution in [0.1, 0.15) is 33.6 Å². The van der Waals surface area contributed by atoms with E-state index in [1.165, 1.54) is 12.8 Å². The summed E-state index contributed by atoms with van der Waals surface area (Å²) in [6.07, 6.45) is 2.37. The van der Waals surface area contributed by atoms with Crippen LogP contribution in [-0.4, -0.2) is 41.8 Å². The fraction of sp³-hybridized carbons (Fsp3) is 1.00. The van der Waals surface area contributed by atoms with Crippen molar-refractivity contribution < 1.29 is 5.11 Å². The molecule has 0 aromatic carbocycles. The molecule has 0 spiro atoms. The van der Waals surface area contributed by atoms with Gasteiger partial charge in [-0.25, -0.2) is 0 Å². The van der Waals surface area contributed by atoms with Gasteiger partial charge in [-0.2, -0.15) is 0 Å². The monoisotopic (exact) mass is 188 g/mol. The van der Waals surface area contributed by atoms with E-state index in [0.29, 0.717) is 0 Å². The zero-order valence-corrected chi connectivity index (χ0v) is 9.16. The van der Waals surface area contributed by atoms with Crippen LogP contribution in [-0.2, 0) is 0 Å². The third-order valence-electron chi connectivity index (χ3n) is 2.47. The number of unbranched alkanes of at least 4 members (excludes halogenated alkanes) is 1. The largest absolute Gasteiger partial charge is 0.395 e. The molecule has 80 valence electrons. The van der Waals surface area contributed by atoms with E-state index in [1.54, 1.807) is 0 Å². The van der Waals surface area contributed by atoms with Gasteiger partial charge < -0.3 is 10.8 Å². The molecule has 0 aromatic heterocycles. The molecule has 0 amide bonds. The number of hydrogen-bond donors (Lipinski definition) is 2. The van der Waals surface area contributed by atoms with Crippen molar-refractivity contribution in [2.45, 2.75) is 45.7 Å². The molecule has 0 heterocycles. The van der Waals surface area contributed by atoms with E-state index in [-0.39, 0.29) is 18.7 Å². The average molecular weight is 188 g/mol. The Morgan fingerprint density at radius 3 is 2.31 bits per heavy atom. The first-order valence-electron chi connectivity index (χ1n) is 5.27. The molecule has 3 nitrogen and oxygen atoms in total. The van der Waals surface area contributed by atoms with Crippen LogP contribution in [0.25, 0.3) is 0 Å². The summed E-state index contributed by atoms with van der Waals surface area (Å²) in [6.45, 7) is 8.41. The van der Waals surface area contributed by atoms with Crippen molar-refractivity contribution in [3.05, 3.63) is 0 Å². The van der Waals surface area contributed by atoms with Crippen molar-refractivity contribution in [3.8, 4) is 0 Å². The van der Waals surface area contributed by atoms with Gasteiger partial charge in [0, 0.05) is 12.1 Å². The van der Waals surface area contributed by atoms with Gasteiger partial charge in [0.15, 0.2) is 0 Å². The Labute approximate surface area is 81.9 Å². The molecular formula is C10H24N2O. The van der Waals surface area contributed by atoms with Crippen molar-refractivity contribution in [2.24, 2.45) is 5.73 Å². The van der Waals surface area contributed by atoms with Crippen molar-refractivity contribution in [2.75, 3.05) is 19.7 Å². The van der Waals surface area contributed by atoms with Gasteiger partial charge in [-0.15, -0.1) is 0 Å². The summed E-state index contributed by atoms with van der Waals surface area (Å²) in [5.41, 5.74) is 5.79. The van der Waals surface area contributed by atoms with E-state index < -0.39 is 0 Å². The van der Waals surface area contributed by atoms with Crippen molar-refractivity contribution in [1.82, 2.24) is 4.90 Å². The second kappa shape index (κ2) is 7.30. The first-order valence-corrected chi connectivity index (χ1v) is 5.27. The normalized spacial score (nSPS) is 16.2. The molecule has 0 saturated heterocycles. The molecule has 0 radical (unpaired) electrons. The van der Waals surface area contributed by atoms with Crippen molar-refractivity contribution >= 4 is 0 Å². The predicted molar refractivity (Wildman–Crippen MR) is 56.7 cm³/mol. The molecule has 0 aliphatic carbocycles. The standard InChI is InChI=1S/C10H24N2O/c1-4-6-7-12(5-2)10(8-13)9(3)11/h9-10,13H,4-8,11H2,1-3H3. The SMILES string of the molecule is CCCCN(CC)C(CO)C(C)N. The minimum absolute atomic E-state index is 0.0433. The van der Waals surface area contributed by atoms with Gasteiger partial charge >= 0.3 is 0 Å². The van der Waals surface area contributed by atoms with Crippen LogP contribution in [0.2, 0.25) is 0 Å². The Hall–Kier alpha value is -0.120. The van der Waals surface area contributed by atoms with Gasteiger partial charge in [-0.3, -0.25) is 4.90 Å². The smallest absolute Gasteiger partial charge is 0.0601 e. The first kappa shape index (κ1) is 12.9. The highest BCUT2D eigenvalue weighted by Gasteiger charge is 2.18. The predicted octanol–water partition coefficient (Wildman–Crippen LogP) is 0.817. The summed E-state index contributed by atoms with van der Waals surface area (Å²) in [4.78, 5) is 2.26. The number of likely N-dealkylation sites (N-methyl/N-ethyl adjacent to an activating group) is 1. The third-order valence-corrected chi connectivity index (χ3v) is 2.47. The Kier molecular flexibility index (Phi) is 7.23. The number of hydrogen-bond acceptors (Lipinski definition) is 3. The highest BCUT2D eigenvalue weighted by molar-refractivity contribution is 4.77. The fourth-order valence-corrected chi connectivity index (χ4v) is 1.53. The van der Waals surface area contributed by atoms with Crippen LogP contribution in [0.4, 0.5) is 0 Å². The lowest BCUT2D eigenvalue weighted by Gasteiger charge is -2.31. The topological polar surface area (TPSA) is 49.5 Å².